The summed E-state index contributed by atoms with van der Waals surface area (Å²) in [5.74, 6) is -0.216. The topological polar surface area (TPSA) is 86.0 Å². The third-order valence-corrected chi connectivity index (χ3v) is 2.40. The summed E-state index contributed by atoms with van der Waals surface area (Å²) < 4.78 is 7.10. The lowest BCUT2D eigenvalue weighted by Gasteiger charge is -1.96. The molecule has 0 amide bonds. The van der Waals surface area contributed by atoms with E-state index in [1.54, 1.807) is 18.2 Å². The summed E-state index contributed by atoms with van der Waals surface area (Å²) >= 11 is 3.31. The van der Waals surface area contributed by atoms with Crippen molar-refractivity contribution in [2.24, 2.45) is 5.11 Å². The Morgan fingerprint density at radius 3 is 2.94 bits per heavy atom. The van der Waals surface area contributed by atoms with Gasteiger partial charge in [-0.3, -0.25) is 0 Å². The average Bonchev–Trinajstić information content (AvgIpc) is 2.68. The van der Waals surface area contributed by atoms with Crippen molar-refractivity contribution in [1.82, 2.24) is 0 Å². The first-order valence-electron chi connectivity index (χ1n) is 4.24. The third kappa shape index (κ3) is 2.00. The van der Waals surface area contributed by atoms with Crippen LogP contribution in [0.2, 0.25) is 0 Å². The Morgan fingerprint density at radius 1 is 1.50 bits per heavy atom. The first-order valence-corrected chi connectivity index (χ1v) is 5.04. The van der Waals surface area contributed by atoms with E-state index in [2.05, 4.69) is 26.0 Å². The fourth-order valence-electron chi connectivity index (χ4n) is 1.25. The molecule has 0 radical (unpaired) electrons. The standard InChI is InChI=1S/C9H5BrN4O2/c10-6-1-2-7(12-13-11)8(3-6)14-4-9(15)16-5-14/h1-5H/p+1. The highest BCUT2D eigenvalue weighted by molar-refractivity contribution is 9.10. The van der Waals surface area contributed by atoms with E-state index in [-0.39, 0.29) is 5.95 Å². The number of oxazole rings is 1. The van der Waals surface area contributed by atoms with Crippen LogP contribution in [0.25, 0.3) is 16.1 Å². The zero-order chi connectivity index (χ0) is 11.5. The highest BCUT2D eigenvalue weighted by atomic mass is 79.9. The molecular formula is C9H6BrN4O2+. The average molecular weight is 282 g/mol. The highest BCUT2D eigenvalue weighted by Crippen LogP contribution is 2.24. The highest BCUT2D eigenvalue weighted by Gasteiger charge is 2.15. The minimum Gasteiger partial charge on any atom is -0.476 e. The molecule has 6 nitrogen and oxygen atoms in total. The van der Waals surface area contributed by atoms with Gasteiger partial charge in [-0.05, 0) is 17.7 Å². The smallest absolute Gasteiger partial charge is 0.354 e. The number of hydrogen-bond acceptors (Lipinski definition) is 3. The van der Waals surface area contributed by atoms with Crippen LogP contribution in [0.1, 0.15) is 0 Å². The van der Waals surface area contributed by atoms with E-state index in [9.17, 15) is 0 Å². The second-order valence-corrected chi connectivity index (χ2v) is 3.84. The fraction of sp³-hybridized carbons (Fsp3) is 0. The second kappa shape index (κ2) is 4.26. The summed E-state index contributed by atoms with van der Waals surface area (Å²) in [6, 6.07) is 5.17. The van der Waals surface area contributed by atoms with E-state index in [1.807, 2.05) is 0 Å². The van der Waals surface area contributed by atoms with Gasteiger partial charge in [0.05, 0.1) is 0 Å². The van der Waals surface area contributed by atoms with Crippen molar-refractivity contribution in [2.75, 3.05) is 0 Å². The van der Waals surface area contributed by atoms with Crippen LogP contribution >= 0.6 is 15.9 Å². The Morgan fingerprint density at radius 2 is 2.31 bits per heavy atom. The molecule has 16 heavy (non-hydrogen) atoms. The molecule has 1 aromatic carbocycles. The molecule has 2 aromatic rings. The summed E-state index contributed by atoms with van der Waals surface area (Å²) in [4.78, 5) is 2.73. The van der Waals surface area contributed by atoms with Crippen molar-refractivity contribution < 1.29 is 14.1 Å². The summed E-state index contributed by atoms with van der Waals surface area (Å²) in [5.41, 5.74) is 9.48. The van der Waals surface area contributed by atoms with Crippen molar-refractivity contribution in [3.05, 3.63) is 45.7 Å². The van der Waals surface area contributed by atoms with E-state index in [0.717, 1.165) is 4.47 Å². The SMILES string of the molecule is [N-]=[N+]=Nc1ccc(Br)cc1-[n+]1coc(O)c1. The quantitative estimate of drug-likeness (QED) is 0.397. The van der Waals surface area contributed by atoms with Gasteiger partial charge in [0.15, 0.2) is 0 Å². The van der Waals surface area contributed by atoms with Gasteiger partial charge in [0.25, 0.3) is 6.20 Å². The number of rotatable bonds is 2. The summed E-state index contributed by atoms with van der Waals surface area (Å²) in [6.45, 7) is 0. The number of aromatic nitrogens is 1. The third-order valence-electron chi connectivity index (χ3n) is 1.90. The summed E-state index contributed by atoms with van der Waals surface area (Å²) in [7, 11) is 0. The molecule has 0 unspecified atom stereocenters. The van der Waals surface area contributed by atoms with Gasteiger partial charge < -0.3 is 9.52 Å². The van der Waals surface area contributed by atoms with Crippen molar-refractivity contribution >= 4 is 21.6 Å². The summed E-state index contributed by atoms with van der Waals surface area (Å²) in [5, 5.41) is 12.7. The Balaban J connectivity index is 2.61. The van der Waals surface area contributed by atoms with Crippen molar-refractivity contribution in [1.29, 1.82) is 0 Å². The number of azide groups is 1. The molecular weight excluding hydrogens is 276 g/mol. The minimum atomic E-state index is -0.216. The van der Waals surface area contributed by atoms with Gasteiger partial charge in [-0.25, -0.2) is 0 Å². The maximum absolute atomic E-state index is 9.10. The number of nitrogens with zero attached hydrogens (tertiary/aromatic N) is 4. The van der Waals surface area contributed by atoms with E-state index in [0.29, 0.717) is 11.4 Å². The fourth-order valence-corrected chi connectivity index (χ4v) is 1.60. The van der Waals surface area contributed by atoms with Crippen molar-refractivity contribution in [2.45, 2.75) is 0 Å². The van der Waals surface area contributed by atoms with E-state index in [1.165, 1.54) is 17.2 Å². The van der Waals surface area contributed by atoms with Crippen LogP contribution < -0.4 is 4.57 Å². The Hall–Kier alpha value is -1.98. The van der Waals surface area contributed by atoms with Gasteiger partial charge in [-0.15, -0.1) is 4.57 Å². The first kappa shape index (κ1) is 10.5. The first-order chi connectivity index (χ1) is 7.70. The molecule has 0 fully saturated rings. The zero-order valence-corrected chi connectivity index (χ0v) is 9.50. The van der Waals surface area contributed by atoms with Gasteiger partial charge in [0.1, 0.15) is 5.69 Å². The number of halogens is 1. The number of aromatic hydroxyl groups is 1. The van der Waals surface area contributed by atoms with E-state index in [4.69, 9.17) is 15.1 Å². The predicted octanol–water partition coefficient (Wildman–Crippen LogP) is 2.97. The van der Waals surface area contributed by atoms with Crippen LogP contribution in [0, 0.1) is 0 Å². The molecule has 80 valence electrons. The van der Waals surface area contributed by atoms with Gasteiger partial charge in [-0.1, -0.05) is 21.0 Å². The Bertz CT molecular complexity index is 575. The lowest BCUT2D eigenvalue weighted by molar-refractivity contribution is -0.598. The second-order valence-electron chi connectivity index (χ2n) is 2.92. The Labute approximate surface area is 98.5 Å². The Kier molecular flexibility index (Phi) is 2.80. The molecule has 0 aliphatic rings. The molecule has 2 rings (SSSR count). The molecule has 0 aliphatic heterocycles. The molecule has 0 spiro atoms. The van der Waals surface area contributed by atoms with Gasteiger partial charge in [0.2, 0.25) is 5.69 Å². The van der Waals surface area contributed by atoms with Crippen LogP contribution in [0.5, 0.6) is 5.95 Å². The van der Waals surface area contributed by atoms with Gasteiger partial charge >= 0.3 is 12.3 Å². The molecule has 0 atom stereocenters. The minimum absolute atomic E-state index is 0.216. The number of benzene rings is 1. The van der Waals surface area contributed by atoms with Crippen LogP contribution in [-0.4, -0.2) is 5.11 Å². The molecule has 1 aromatic heterocycles. The molecule has 1 N–H and O–H groups in total. The van der Waals surface area contributed by atoms with Crippen LogP contribution in [0.3, 0.4) is 0 Å². The van der Waals surface area contributed by atoms with Crippen molar-refractivity contribution in [3.8, 4) is 11.6 Å². The van der Waals surface area contributed by atoms with Crippen LogP contribution in [0.15, 0.2) is 44.8 Å². The maximum atomic E-state index is 9.10. The molecule has 0 aliphatic carbocycles. The van der Waals surface area contributed by atoms with Crippen LogP contribution in [0.4, 0.5) is 5.69 Å². The van der Waals surface area contributed by atoms with Crippen molar-refractivity contribution in [3.63, 3.8) is 0 Å². The number of hydrogen-bond donors (Lipinski definition) is 1. The predicted molar refractivity (Wildman–Crippen MR) is 58.4 cm³/mol. The molecule has 7 heteroatoms. The molecule has 1 heterocycles. The molecule has 0 bridgehead atoms. The zero-order valence-electron chi connectivity index (χ0n) is 7.91. The van der Waals surface area contributed by atoms with E-state index >= 15 is 0 Å². The lowest BCUT2D eigenvalue weighted by atomic mass is 10.2. The monoisotopic (exact) mass is 281 g/mol. The molecule has 0 saturated carbocycles. The van der Waals surface area contributed by atoms with E-state index < -0.39 is 0 Å². The lowest BCUT2D eigenvalue weighted by Crippen LogP contribution is -2.26. The summed E-state index contributed by atoms with van der Waals surface area (Å²) in [6.07, 6.45) is 2.69. The van der Waals surface area contributed by atoms with Gasteiger partial charge in [-0.2, -0.15) is 0 Å². The largest absolute Gasteiger partial charge is 0.476 e. The normalized spacial score (nSPS) is 9.81. The maximum Gasteiger partial charge on any atom is 0.354 e. The van der Waals surface area contributed by atoms with Gasteiger partial charge in [0, 0.05) is 15.5 Å². The molecule has 0 saturated heterocycles. The van der Waals surface area contributed by atoms with Crippen LogP contribution in [-0.2, 0) is 0 Å².